The van der Waals surface area contributed by atoms with Crippen LogP contribution in [0.15, 0.2) is 24.3 Å². The summed E-state index contributed by atoms with van der Waals surface area (Å²) in [6.07, 6.45) is 0.563. The summed E-state index contributed by atoms with van der Waals surface area (Å²) < 4.78 is 31.8. The molecular weight excluding hydrogens is 268 g/mol. The zero-order chi connectivity index (χ0) is 14.0. The number of para-hydroxylation sites is 1. The van der Waals surface area contributed by atoms with Gasteiger partial charge in [-0.25, -0.2) is 8.61 Å². The van der Waals surface area contributed by atoms with E-state index >= 15 is 0 Å². The van der Waals surface area contributed by atoms with E-state index in [1.807, 2.05) is 6.92 Å². The number of amides is 1. The zero-order valence-electron chi connectivity index (χ0n) is 10.9. The molecule has 1 aliphatic heterocycles. The number of hydrogen-bond acceptors (Lipinski definition) is 4. The molecular formula is C12H16N2O4S. The third-order valence-electron chi connectivity index (χ3n) is 2.86. The molecule has 1 amide bonds. The van der Waals surface area contributed by atoms with Crippen LogP contribution in [0.1, 0.15) is 23.7 Å². The van der Waals surface area contributed by atoms with E-state index < -0.39 is 16.1 Å². The van der Waals surface area contributed by atoms with Crippen molar-refractivity contribution in [3.05, 3.63) is 29.8 Å². The van der Waals surface area contributed by atoms with Crippen molar-refractivity contribution >= 4 is 21.8 Å². The summed E-state index contributed by atoms with van der Waals surface area (Å²) in [5, 5.41) is 0. The summed E-state index contributed by atoms with van der Waals surface area (Å²) in [5.41, 5.74) is 0.740. The maximum Gasteiger partial charge on any atom is 0.330 e. The van der Waals surface area contributed by atoms with Crippen LogP contribution in [0.25, 0.3) is 0 Å². The van der Waals surface area contributed by atoms with Gasteiger partial charge in [-0.2, -0.15) is 8.42 Å². The van der Waals surface area contributed by atoms with E-state index in [9.17, 15) is 13.2 Å². The van der Waals surface area contributed by atoms with Crippen LogP contribution in [-0.2, 0) is 14.9 Å². The lowest BCUT2D eigenvalue weighted by Crippen LogP contribution is -2.52. The Labute approximate surface area is 112 Å². The smallest absolute Gasteiger partial charge is 0.330 e. The molecule has 0 N–H and O–H groups in total. The van der Waals surface area contributed by atoms with Gasteiger partial charge in [-0.3, -0.25) is 4.79 Å². The number of fused-ring (bicyclic) bond motifs is 1. The Balaban J connectivity index is 2.60. The van der Waals surface area contributed by atoms with Gasteiger partial charge in [-0.15, -0.1) is 0 Å². The minimum absolute atomic E-state index is 0.118. The molecule has 0 aromatic heterocycles. The molecule has 0 bridgehead atoms. The van der Waals surface area contributed by atoms with E-state index in [2.05, 4.69) is 0 Å². The predicted molar refractivity (Wildman–Crippen MR) is 71.0 cm³/mol. The van der Waals surface area contributed by atoms with Crippen LogP contribution in [-0.4, -0.2) is 39.0 Å². The fourth-order valence-corrected chi connectivity index (χ4v) is 3.63. The molecule has 0 unspecified atom stereocenters. The SMILES string of the molecule is CCCN1C(=O)c2ccccc2N(COC)S1(=O)=O. The van der Waals surface area contributed by atoms with Crippen LogP contribution < -0.4 is 4.31 Å². The van der Waals surface area contributed by atoms with E-state index in [1.165, 1.54) is 7.11 Å². The average Bonchev–Trinajstić information content (AvgIpc) is 2.40. The van der Waals surface area contributed by atoms with Crippen LogP contribution in [0, 0.1) is 0 Å². The lowest BCUT2D eigenvalue weighted by atomic mass is 10.1. The number of ether oxygens (including phenoxy) is 1. The van der Waals surface area contributed by atoms with Gasteiger partial charge in [0.1, 0.15) is 6.73 Å². The third kappa shape index (κ3) is 2.19. The molecule has 1 aromatic carbocycles. The van der Waals surface area contributed by atoms with Gasteiger partial charge in [-0.1, -0.05) is 19.1 Å². The Morgan fingerprint density at radius 3 is 2.53 bits per heavy atom. The molecule has 1 heterocycles. The molecule has 7 heteroatoms. The Kier molecular flexibility index (Phi) is 3.77. The lowest BCUT2D eigenvalue weighted by molar-refractivity contribution is 0.0854. The molecule has 0 spiro atoms. The topological polar surface area (TPSA) is 66.9 Å². The number of rotatable bonds is 4. The maximum atomic E-state index is 12.4. The van der Waals surface area contributed by atoms with Gasteiger partial charge < -0.3 is 4.74 Å². The van der Waals surface area contributed by atoms with Gasteiger partial charge >= 0.3 is 10.2 Å². The lowest BCUT2D eigenvalue weighted by Gasteiger charge is -2.36. The van der Waals surface area contributed by atoms with Crippen molar-refractivity contribution in [3.63, 3.8) is 0 Å². The fraction of sp³-hybridized carbons (Fsp3) is 0.417. The number of carbonyl (C=O) groups excluding carboxylic acids is 1. The van der Waals surface area contributed by atoms with Crippen molar-refractivity contribution in [1.29, 1.82) is 0 Å². The monoisotopic (exact) mass is 284 g/mol. The summed E-state index contributed by atoms with van der Waals surface area (Å²) in [6.45, 7) is 1.87. The highest BCUT2D eigenvalue weighted by Crippen LogP contribution is 2.31. The first-order valence-corrected chi connectivity index (χ1v) is 7.36. The summed E-state index contributed by atoms with van der Waals surface area (Å²) in [4.78, 5) is 12.3. The van der Waals surface area contributed by atoms with Gasteiger partial charge in [0.25, 0.3) is 5.91 Å². The van der Waals surface area contributed by atoms with Crippen LogP contribution in [0.5, 0.6) is 0 Å². The third-order valence-corrected chi connectivity index (χ3v) is 4.62. The number of anilines is 1. The quantitative estimate of drug-likeness (QED) is 0.833. The van der Waals surface area contributed by atoms with Crippen molar-refractivity contribution in [2.45, 2.75) is 13.3 Å². The van der Waals surface area contributed by atoms with Crippen molar-refractivity contribution in [1.82, 2.24) is 4.31 Å². The van der Waals surface area contributed by atoms with Crippen molar-refractivity contribution in [2.75, 3.05) is 24.7 Å². The van der Waals surface area contributed by atoms with E-state index in [0.29, 0.717) is 17.7 Å². The van der Waals surface area contributed by atoms with E-state index in [-0.39, 0.29) is 13.3 Å². The molecule has 2 rings (SSSR count). The summed E-state index contributed by atoms with van der Waals surface area (Å²) in [6, 6.07) is 6.63. The Morgan fingerprint density at radius 1 is 1.21 bits per heavy atom. The van der Waals surface area contributed by atoms with Crippen LogP contribution in [0.3, 0.4) is 0 Å². The standard InChI is InChI=1S/C12H16N2O4S/c1-3-8-13-12(15)10-6-4-5-7-11(10)14(9-18-2)19(13,16)17/h4-7H,3,8-9H2,1-2H3. The van der Waals surface area contributed by atoms with E-state index in [4.69, 9.17) is 4.74 Å². The Bertz CT molecular complexity index is 585. The van der Waals surface area contributed by atoms with Crippen LogP contribution in [0.2, 0.25) is 0 Å². The first-order valence-electron chi connectivity index (χ1n) is 5.96. The number of benzene rings is 1. The molecule has 0 radical (unpaired) electrons. The molecule has 0 fully saturated rings. The van der Waals surface area contributed by atoms with Gasteiger partial charge in [0, 0.05) is 13.7 Å². The van der Waals surface area contributed by atoms with Crippen molar-refractivity contribution in [2.24, 2.45) is 0 Å². The highest BCUT2D eigenvalue weighted by Gasteiger charge is 2.40. The highest BCUT2D eigenvalue weighted by atomic mass is 32.2. The maximum absolute atomic E-state index is 12.4. The largest absolute Gasteiger partial charge is 0.363 e. The summed E-state index contributed by atoms with van der Waals surface area (Å²) in [5.74, 6) is -0.482. The summed E-state index contributed by atoms with van der Waals surface area (Å²) in [7, 11) is -2.44. The van der Waals surface area contributed by atoms with E-state index in [1.54, 1.807) is 24.3 Å². The van der Waals surface area contributed by atoms with Crippen molar-refractivity contribution < 1.29 is 17.9 Å². The number of nitrogens with zero attached hydrogens (tertiary/aromatic N) is 2. The minimum Gasteiger partial charge on any atom is -0.363 e. The van der Waals surface area contributed by atoms with Crippen LogP contribution in [0.4, 0.5) is 5.69 Å². The van der Waals surface area contributed by atoms with Gasteiger partial charge in [0.2, 0.25) is 0 Å². The number of carbonyl (C=O) groups is 1. The summed E-state index contributed by atoms with van der Waals surface area (Å²) >= 11 is 0. The normalized spacial score (nSPS) is 17.5. The molecule has 1 aromatic rings. The number of hydrogen-bond donors (Lipinski definition) is 0. The van der Waals surface area contributed by atoms with Gasteiger partial charge in [0.05, 0.1) is 11.3 Å². The molecule has 0 saturated carbocycles. The molecule has 19 heavy (non-hydrogen) atoms. The minimum atomic E-state index is -3.86. The fourth-order valence-electron chi connectivity index (χ4n) is 2.03. The molecule has 104 valence electrons. The average molecular weight is 284 g/mol. The first-order chi connectivity index (χ1) is 9.04. The Morgan fingerprint density at radius 2 is 1.89 bits per heavy atom. The molecule has 0 saturated heterocycles. The van der Waals surface area contributed by atoms with Gasteiger partial charge in [-0.05, 0) is 18.6 Å². The second kappa shape index (κ2) is 5.18. The molecule has 0 aliphatic carbocycles. The second-order valence-electron chi connectivity index (χ2n) is 4.17. The molecule has 0 atom stereocenters. The highest BCUT2D eigenvalue weighted by molar-refractivity contribution is 7.91. The molecule has 6 nitrogen and oxygen atoms in total. The van der Waals surface area contributed by atoms with Gasteiger partial charge in [0.15, 0.2) is 0 Å². The first kappa shape index (κ1) is 13.8. The van der Waals surface area contributed by atoms with E-state index in [0.717, 1.165) is 8.61 Å². The number of methoxy groups -OCH3 is 1. The molecule has 1 aliphatic rings. The Hall–Kier alpha value is -1.60. The zero-order valence-corrected chi connectivity index (χ0v) is 11.7. The van der Waals surface area contributed by atoms with Crippen molar-refractivity contribution in [3.8, 4) is 0 Å². The second-order valence-corrected chi connectivity index (χ2v) is 5.95. The van der Waals surface area contributed by atoms with Crippen LogP contribution >= 0.6 is 0 Å². The predicted octanol–water partition coefficient (Wildman–Crippen LogP) is 1.21.